The van der Waals surface area contributed by atoms with E-state index in [1.807, 2.05) is 0 Å². The highest BCUT2D eigenvalue weighted by atomic mass is 14.5. The summed E-state index contributed by atoms with van der Waals surface area (Å²) in [6.07, 6.45) is 6.36. The van der Waals surface area contributed by atoms with Crippen LogP contribution in [0.2, 0.25) is 0 Å². The predicted octanol–water partition coefficient (Wildman–Crippen LogP) is 12.9. The first-order chi connectivity index (χ1) is 22.7. The van der Waals surface area contributed by atoms with Gasteiger partial charge in [0.15, 0.2) is 0 Å². The Balaban J connectivity index is 1.13. The first kappa shape index (κ1) is 26.1. The van der Waals surface area contributed by atoms with Crippen molar-refractivity contribution in [1.29, 1.82) is 0 Å². The molecule has 2 aliphatic rings. The summed E-state index contributed by atoms with van der Waals surface area (Å²) in [7, 11) is 0. The van der Waals surface area contributed by atoms with Gasteiger partial charge >= 0.3 is 0 Å². The zero-order chi connectivity index (χ0) is 30.2. The molecule has 2 aliphatic carbocycles. The van der Waals surface area contributed by atoms with Crippen molar-refractivity contribution >= 4 is 43.1 Å². The second kappa shape index (κ2) is 9.90. The Labute approximate surface area is 270 Å². The van der Waals surface area contributed by atoms with Crippen molar-refractivity contribution in [2.24, 2.45) is 0 Å². The average molecular weight is 587 g/mol. The van der Waals surface area contributed by atoms with Gasteiger partial charge in [-0.2, -0.15) is 0 Å². The van der Waals surface area contributed by atoms with Gasteiger partial charge in [-0.15, -0.1) is 0 Å². The van der Waals surface area contributed by atoms with Crippen LogP contribution in [0.5, 0.6) is 0 Å². The summed E-state index contributed by atoms with van der Waals surface area (Å²) in [6, 6.07) is 55.1. The second-order valence-corrected chi connectivity index (χ2v) is 13.6. The van der Waals surface area contributed by atoms with Crippen molar-refractivity contribution in [3.63, 3.8) is 0 Å². The molecular weight excluding hydrogens is 553 g/mol. The Hall–Kier alpha value is -5.20. The summed E-state index contributed by atoms with van der Waals surface area (Å²) in [6.45, 7) is 0. The molecule has 1 fully saturated rings. The molecule has 0 aromatic heterocycles. The minimum atomic E-state index is 0.0663. The molecule has 0 bridgehead atoms. The normalized spacial score (nSPS) is 15.1. The SMILES string of the molecule is c1ccc2cc(-c3ccc4c5c(ccc4c3)-c3ccc4cc(-c6ccc7ccccc7c6)ccc4c3C53CCCCC3)ccc2c1. The van der Waals surface area contributed by atoms with Gasteiger partial charge in [0, 0.05) is 5.41 Å². The Bertz CT molecular complexity index is 2340. The first-order valence-electron chi connectivity index (χ1n) is 16.9. The molecule has 0 nitrogen and oxygen atoms in total. The summed E-state index contributed by atoms with van der Waals surface area (Å²) < 4.78 is 0. The van der Waals surface area contributed by atoms with Crippen molar-refractivity contribution in [2.45, 2.75) is 37.5 Å². The van der Waals surface area contributed by atoms with Crippen molar-refractivity contribution in [3.05, 3.63) is 157 Å². The molecule has 0 N–H and O–H groups in total. The smallest absolute Gasteiger partial charge is 0.0227 e. The van der Waals surface area contributed by atoms with Gasteiger partial charge in [0.05, 0.1) is 0 Å². The van der Waals surface area contributed by atoms with Crippen molar-refractivity contribution < 1.29 is 0 Å². The fourth-order valence-corrected chi connectivity index (χ4v) is 9.02. The molecule has 0 amide bonds. The van der Waals surface area contributed by atoms with Crippen LogP contribution in [0.15, 0.2) is 146 Å². The summed E-state index contributed by atoms with van der Waals surface area (Å²) in [5.41, 5.74) is 11.3. The van der Waals surface area contributed by atoms with Crippen LogP contribution in [-0.4, -0.2) is 0 Å². The minimum absolute atomic E-state index is 0.0663. The number of fused-ring (bicyclic) bond motifs is 11. The monoisotopic (exact) mass is 586 g/mol. The molecule has 10 rings (SSSR count). The number of benzene rings is 8. The first-order valence-corrected chi connectivity index (χ1v) is 16.9. The Morgan fingerprint density at radius 2 is 0.717 bits per heavy atom. The van der Waals surface area contributed by atoms with Gasteiger partial charge in [-0.1, -0.05) is 141 Å². The van der Waals surface area contributed by atoms with Crippen LogP contribution in [0.25, 0.3) is 76.5 Å². The van der Waals surface area contributed by atoms with Gasteiger partial charge in [-0.25, -0.2) is 0 Å². The van der Waals surface area contributed by atoms with Crippen LogP contribution in [0, 0.1) is 0 Å². The van der Waals surface area contributed by atoms with Crippen molar-refractivity contribution in [3.8, 4) is 33.4 Å². The number of hydrogen-bond acceptors (Lipinski definition) is 0. The average Bonchev–Trinajstić information content (AvgIpc) is 3.40. The Morgan fingerprint density at radius 1 is 0.326 bits per heavy atom. The van der Waals surface area contributed by atoms with Crippen molar-refractivity contribution in [2.75, 3.05) is 0 Å². The lowest BCUT2D eigenvalue weighted by Gasteiger charge is -2.37. The van der Waals surface area contributed by atoms with Gasteiger partial charge in [-0.3, -0.25) is 0 Å². The van der Waals surface area contributed by atoms with E-state index in [-0.39, 0.29) is 5.41 Å². The van der Waals surface area contributed by atoms with E-state index in [1.54, 1.807) is 11.1 Å². The lowest BCUT2D eigenvalue weighted by molar-refractivity contribution is 0.357. The molecule has 0 radical (unpaired) electrons. The largest absolute Gasteiger partial charge is 0.0616 e. The third-order valence-corrected chi connectivity index (χ3v) is 11.2. The van der Waals surface area contributed by atoms with E-state index in [0.717, 1.165) is 0 Å². The Morgan fingerprint density at radius 3 is 1.20 bits per heavy atom. The summed E-state index contributed by atoms with van der Waals surface area (Å²) in [5, 5.41) is 10.7. The number of rotatable bonds is 2. The minimum Gasteiger partial charge on any atom is -0.0616 e. The quantitative estimate of drug-likeness (QED) is 0.189. The number of hydrogen-bond donors (Lipinski definition) is 0. The third kappa shape index (κ3) is 3.80. The van der Waals surface area contributed by atoms with Gasteiger partial charge in [0.2, 0.25) is 0 Å². The van der Waals surface area contributed by atoms with E-state index in [2.05, 4.69) is 146 Å². The summed E-state index contributed by atoms with van der Waals surface area (Å²) in [5.74, 6) is 0. The van der Waals surface area contributed by atoms with E-state index in [0.29, 0.717) is 0 Å². The van der Waals surface area contributed by atoms with Crippen LogP contribution >= 0.6 is 0 Å². The molecule has 0 unspecified atom stereocenters. The maximum atomic E-state index is 2.43. The molecule has 8 aromatic carbocycles. The molecule has 1 spiro atoms. The van der Waals surface area contributed by atoms with Gasteiger partial charge in [0.25, 0.3) is 0 Å². The van der Waals surface area contributed by atoms with Gasteiger partial charge < -0.3 is 0 Å². The molecular formula is C46H34. The molecule has 46 heavy (non-hydrogen) atoms. The van der Waals surface area contributed by atoms with Crippen LogP contribution in [0.1, 0.15) is 43.2 Å². The summed E-state index contributed by atoms with van der Waals surface area (Å²) in [4.78, 5) is 0. The molecule has 0 saturated heterocycles. The van der Waals surface area contributed by atoms with E-state index < -0.39 is 0 Å². The van der Waals surface area contributed by atoms with E-state index >= 15 is 0 Å². The standard InChI is InChI=1S/C46H34/c1-6-24-46(25-7-1)44-40-20-16-36(34-14-12-30-8-2-4-10-32(30)26-34)28-38(40)18-22-42(44)43-23-19-39-29-37(17-21-41(39)45(43)46)35-15-13-31-9-3-5-11-33(31)27-35/h2-5,8-23,26-29H,1,6-7,24-25H2. The molecule has 0 heterocycles. The highest BCUT2D eigenvalue weighted by Gasteiger charge is 2.45. The maximum Gasteiger partial charge on any atom is 0.0227 e. The lowest BCUT2D eigenvalue weighted by Crippen LogP contribution is -2.28. The molecule has 0 aliphatic heterocycles. The highest BCUT2D eigenvalue weighted by molar-refractivity contribution is 6.05. The highest BCUT2D eigenvalue weighted by Crippen LogP contribution is 2.59. The Kier molecular flexibility index (Phi) is 5.61. The maximum absolute atomic E-state index is 2.43. The lowest BCUT2D eigenvalue weighted by atomic mass is 9.66. The van der Waals surface area contributed by atoms with Crippen LogP contribution in [0.3, 0.4) is 0 Å². The zero-order valence-electron chi connectivity index (χ0n) is 25.9. The van der Waals surface area contributed by atoms with Crippen molar-refractivity contribution in [1.82, 2.24) is 0 Å². The van der Waals surface area contributed by atoms with Gasteiger partial charge in [-0.05, 0) is 125 Å². The van der Waals surface area contributed by atoms with Crippen LogP contribution < -0.4 is 0 Å². The topological polar surface area (TPSA) is 0 Å². The molecule has 1 saturated carbocycles. The zero-order valence-corrected chi connectivity index (χ0v) is 25.9. The van der Waals surface area contributed by atoms with E-state index in [9.17, 15) is 0 Å². The van der Waals surface area contributed by atoms with Crippen LogP contribution in [-0.2, 0) is 5.41 Å². The fourth-order valence-electron chi connectivity index (χ4n) is 9.02. The second-order valence-electron chi connectivity index (χ2n) is 13.6. The molecule has 8 aromatic rings. The third-order valence-electron chi connectivity index (χ3n) is 11.2. The molecule has 218 valence electrons. The van der Waals surface area contributed by atoms with Crippen LogP contribution in [0.4, 0.5) is 0 Å². The summed E-state index contributed by atoms with van der Waals surface area (Å²) >= 11 is 0. The molecule has 0 atom stereocenters. The fraction of sp³-hybridized carbons (Fsp3) is 0.130. The van der Waals surface area contributed by atoms with E-state index in [4.69, 9.17) is 0 Å². The van der Waals surface area contributed by atoms with E-state index in [1.165, 1.54) is 109 Å². The van der Waals surface area contributed by atoms with Gasteiger partial charge in [0.1, 0.15) is 0 Å². The molecule has 0 heteroatoms. The predicted molar refractivity (Wildman–Crippen MR) is 197 cm³/mol.